The van der Waals surface area contributed by atoms with Gasteiger partial charge in [0, 0.05) is 17.3 Å². The molecule has 0 aliphatic carbocycles. The zero-order chi connectivity index (χ0) is 12.6. The number of nitrogens with two attached hydrogens (primary N) is 2. The third kappa shape index (κ3) is 1.70. The maximum atomic E-state index is 6.26. The van der Waals surface area contributed by atoms with E-state index in [-0.39, 0.29) is 0 Å². The van der Waals surface area contributed by atoms with Gasteiger partial charge in [0.25, 0.3) is 0 Å². The van der Waals surface area contributed by atoms with Crippen molar-refractivity contribution in [1.29, 1.82) is 0 Å². The quantitative estimate of drug-likeness (QED) is 0.699. The van der Waals surface area contributed by atoms with E-state index in [1.165, 1.54) is 0 Å². The minimum Gasteiger partial charge on any atom is -0.384 e. The molecule has 5 N–H and O–H groups in total. The molecule has 1 aliphatic rings. The van der Waals surface area contributed by atoms with Crippen molar-refractivity contribution in [2.45, 2.75) is 5.79 Å². The fraction of sp³-hybridized carbons (Fsp3) is 0.0769. The van der Waals surface area contributed by atoms with Gasteiger partial charge in [0.05, 0.1) is 0 Å². The molecule has 5 nitrogen and oxygen atoms in total. The van der Waals surface area contributed by atoms with Gasteiger partial charge in [0.2, 0.25) is 5.79 Å². The highest BCUT2D eigenvalue weighted by molar-refractivity contribution is 5.89. The zero-order valence-electron chi connectivity index (χ0n) is 9.67. The molecular weight excluding hydrogens is 226 g/mol. The Kier molecular flexibility index (Phi) is 2.28. The first kappa shape index (κ1) is 10.7. The highest BCUT2D eigenvalue weighted by atomic mass is 15.3. The SMILES string of the molecule is Nc1ccc2c(n1)NC(N)(c1ccccc1)N=C2. The van der Waals surface area contributed by atoms with Crippen LogP contribution in [0.15, 0.2) is 47.5 Å². The molecule has 0 spiro atoms. The van der Waals surface area contributed by atoms with Gasteiger partial charge in [-0.1, -0.05) is 30.3 Å². The second-order valence-electron chi connectivity index (χ2n) is 4.19. The minimum absolute atomic E-state index is 0.451. The maximum absolute atomic E-state index is 6.26. The number of nitrogen functional groups attached to an aromatic ring is 1. The van der Waals surface area contributed by atoms with Crippen LogP contribution in [0.1, 0.15) is 11.1 Å². The Morgan fingerprint density at radius 3 is 2.61 bits per heavy atom. The van der Waals surface area contributed by atoms with E-state index >= 15 is 0 Å². The van der Waals surface area contributed by atoms with Crippen molar-refractivity contribution in [1.82, 2.24) is 4.98 Å². The van der Waals surface area contributed by atoms with E-state index in [0.29, 0.717) is 11.6 Å². The third-order valence-corrected chi connectivity index (χ3v) is 2.88. The summed E-state index contributed by atoms with van der Waals surface area (Å²) in [7, 11) is 0. The number of nitrogens with one attached hydrogen (secondary N) is 1. The van der Waals surface area contributed by atoms with Gasteiger partial charge in [-0.3, -0.25) is 5.73 Å². The molecule has 2 heterocycles. The van der Waals surface area contributed by atoms with Crippen LogP contribution in [-0.4, -0.2) is 11.2 Å². The summed E-state index contributed by atoms with van der Waals surface area (Å²) in [5, 5.41) is 3.12. The number of hydrogen-bond donors (Lipinski definition) is 3. The summed E-state index contributed by atoms with van der Waals surface area (Å²) in [6.07, 6.45) is 1.71. The molecule has 3 rings (SSSR count). The van der Waals surface area contributed by atoms with Crippen LogP contribution in [0, 0.1) is 0 Å². The van der Waals surface area contributed by atoms with Crippen molar-refractivity contribution in [2.75, 3.05) is 11.1 Å². The smallest absolute Gasteiger partial charge is 0.210 e. The van der Waals surface area contributed by atoms with Crippen molar-refractivity contribution in [3.8, 4) is 0 Å². The summed E-state index contributed by atoms with van der Waals surface area (Å²) < 4.78 is 0. The van der Waals surface area contributed by atoms with Gasteiger partial charge in [-0.05, 0) is 12.1 Å². The summed E-state index contributed by atoms with van der Waals surface area (Å²) in [4.78, 5) is 8.59. The lowest BCUT2D eigenvalue weighted by molar-refractivity contribution is 0.538. The molecule has 0 radical (unpaired) electrons. The second kappa shape index (κ2) is 3.82. The Morgan fingerprint density at radius 1 is 1.06 bits per heavy atom. The lowest BCUT2D eigenvalue weighted by Gasteiger charge is -2.31. The molecule has 2 aromatic rings. The van der Waals surface area contributed by atoms with Crippen molar-refractivity contribution >= 4 is 17.9 Å². The highest BCUT2D eigenvalue weighted by Crippen LogP contribution is 2.27. The zero-order valence-corrected chi connectivity index (χ0v) is 9.67. The van der Waals surface area contributed by atoms with E-state index in [1.807, 2.05) is 36.4 Å². The Bertz CT molecular complexity index is 608. The lowest BCUT2D eigenvalue weighted by Crippen LogP contribution is -2.45. The number of aromatic nitrogens is 1. The molecule has 1 unspecified atom stereocenters. The maximum Gasteiger partial charge on any atom is 0.210 e. The molecule has 0 saturated heterocycles. The first-order chi connectivity index (χ1) is 8.67. The molecule has 0 amide bonds. The van der Waals surface area contributed by atoms with Gasteiger partial charge in [-0.25, -0.2) is 9.98 Å². The average Bonchev–Trinajstić information content (AvgIpc) is 2.39. The van der Waals surface area contributed by atoms with Gasteiger partial charge in [-0.2, -0.15) is 0 Å². The largest absolute Gasteiger partial charge is 0.384 e. The van der Waals surface area contributed by atoms with Crippen LogP contribution in [0.3, 0.4) is 0 Å². The lowest BCUT2D eigenvalue weighted by atomic mass is 10.1. The Morgan fingerprint density at radius 2 is 1.83 bits per heavy atom. The van der Waals surface area contributed by atoms with E-state index in [0.717, 1.165) is 11.1 Å². The third-order valence-electron chi connectivity index (χ3n) is 2.88. The van der Waals surface area contributed by atoms with Crippen LogP contribution < -0.4 is 16.8 Å². The molecule has 1 atom stereocenters. The number of fused-ring (bicyclic) bond motifs is 1. The van der Waals surface area contributed by atoms with Crippen molar-refractivity contribution < 1.29 is 0 Å². The van der Waals surface area contributed by atoms with Gasteiger partial charge in [-0.15, -0.1) is 0 Å². The average molecular weight is 239 g/mol. The van der Waals surface area contributed by atoms with E-state index in [1.54, 1.807) is 12.3 Å². The summed E-state index contributed by atoms with van der Waals surface area (Å²) >= 11 is 0. The first-order valence-corrected chi connectivity index (χ1v) is 5.62. The predicted octanol–water partition coefficient (Wildman–Crippen LogP) is 1.28. The number of pyridine rings is 1. The van der Waals surface area contributed by atoms with E-state index in [4.69, 9.17) is 11.5 Å². The standard InChI is InChI=1S/C13H13N5/c14-11-7-6-9-8-16-13(15,18-12(9)17-11)10-4-2-1-3-5-10/h1-8H,15H2,(H3,14,17,18). The first-order valence-electron chi connectivity index (χ1n) is 5.62. The number of aliphatic imine (C=N–C) groups is 1. The van der Waals surface area contributed by atoms with Crippen LogP contribution in [0.4, 0.5) is 11.6 Å². The van der Waals surface area contributed by atoms with Gasteiger partial charge < -0.3 is 11.1 Å². The topological polar surface area (TPSA) is 89.3 Å². The summed E-state index contributed by atoms with van der Waals surface area (Å²) in [5.41, 5.74) is 13.7. The van der Waals surface area contributed by atoms with Crippen LogP contribution in [0.5, 0.6) is 0 Å². The Labute approximate surface area is 105 Å². The van der Waals surface area contributed by atoms with Crippen molar-refractivity contribution in [2.24, 2.45) is 10.7 Å². The molecule has 0 saturated carbocycles. The number of anilines is 2. The summed E-state index contributed by atoms with van der Waals surface area (Å²) in [6, 6.07) is 13.2. The number of hydrogen-bond acceptors (Lipinski definition) is 5. The summed E-state index contributed by atoms with van der Waals surface area (Å²) in [5.74, 6) is 0.109. The molecule has 0 bridgehead atoms. The molecule has 1 aromatic heterocycles. The normalized spacial score (nSPS) is 21.2. The molecule has 90 valence electrons. The minimum atomic E-state index is -0.991. The molecular formula is C13H13N5. The number of benzene rings is 1. The fourth-order valence-electron chi connectivity index (χ4n) is 1.91. The molecule has 1 aliphatic heterocycles. The molecule has 0 fully saturated rings. The van der Waals surface area contributed by atoms with Gasteiger partial charge in [0.1, 0.15) is 11.6 Å². The summed E-state index contributed by atoms with van der Waals surface area (Å²) in [6.45, 7) is 0. The monoisotopic (exact) mass is 239 g/mol. The molecule has 18 heavy (non-hydrogen) atoms. The van der Waals surface area contributed by atoms with E-state index in [9.17, 15) is 0 Å². The van der Waals surface area contributed by atoms with Gasteiger partial charge in [0.15, 0.2) is 0 Å². The predicted molar refractivity (Wildman–Crippen MR) is 72.2 cm³/mol. The van der Waals surface area contributed by atoms with E-state index in [2.05, 4.69) is 15.3 Å². The Hall–Kier alpha value is -2.40. The van der Waals surface area contributed by atoms with Crippen LogP contribution >= 0.6 is 0 Å². The van der Waals surface area contributed by atoms with Crippen LogP contribution in [0.25, 0.3) is 0 Å². The Balaban J connectivity index is 2.04. The highest BCUT2D eigenvalue weighted by Gasteiger charge is 2.29. The number of rotatable bonds is 1. The second-order valence-corrected chi connectivity index (χ2v) is 4.19. The van der Waals surface area contributed by atoms with Gasteiger partial charge >= 0.3 is 0 Å². The van der Waals surface area contributed by atoms with Crippen LogP contribution in [-0.2, 0) is 5.79 Å². The fourth-order valence-corrected chi connectivity index (χ4v) is 1.91. The van der Waals surface area contributed by atoms with Crippen molar-refractivity contribution in [3.05, 3.63) is 53.6 Å². The number of nitrogens with zero attached hydrogens (tertiary/aromatic N) is 2. The molecule has 5 heteroatoms. The van der Waals surface area contributed by atoms with Crippen LogP contribution in [0.2, 0.25) is 0 Å². The van der Waals surface area contributed by atoms with Crippen molar-refractivity contribution in [3.63, 3.8) is 0 Å². The molecule has 1 aromatic carbocycles. The van der Waals surface area contributed by atoms with E-state index < -0.39 is 5.79 Å².